The SMILES string of the molecule is O=C(c1ccc(Cl)cc1F)N(Cc1ccccc1)Cc1nc2ccccc2c(=O)[nH]1. The molecule has 4 aromatic rings. The van der Waals surface area contributed by atoms with Crippen LogP contribution in [-0.4, -0.2) is 20.8 Å². The van der Waals surface area contributed by atoms with Gasteiger partial charge in [0, 0.05) is 11.6 Å². The van der Waals surface area contributed by atoms with Gasteiger partial charge in [0.1, 0.15) is 11.6 Å². The van der Waals surface area contributed by atoms with Gasteiger partial charge in [0.25, 0.3) is 11.5 Å². The molecule has 0 radical (unpaired) electrons. The molecule has 0 aliphatic heterocycles. The van der Waals surface area contributed by atoms with Crippen molar-refractivity contribution in [2.75, 3.05) is 0 Å². The number of hydrogen-bond acceptors (Lipinski definition) is 3. The van der Waals surface area contributed by atoms with Crippen LogP contribution in [0.5, 0.6) is 0 Å². The molecule has 1 N–H and O–H groups in total. The Hall–Kier alpha value is -3.51. The molecule has 5 nitrogen and oxygen atoms in total. The van der Waals surface area contributed by atoms with Gasteiger partial charge in [0.05, 0.1) is 23.0 Å². The summed E-state index contributed by atoms with van der Waals surface area (Å²) in [5.74, 6) is -0.910. The Labute approximate surface area is 176 Å². The van der Waals surface area contributed by atoms with Gasteiger partial charge in [-0.2, -0.15) is 0 Å². The van der Waals surface area contributed by atoms with E-state index in [1.54, 1.807) is 24.3 Å². The predicted octanol–water partition coefficient (Wildman–Crippen LogP) is 4.56. The number of benzene rings is 3. The number of hydrogen-bond donors (Lipinski definition) is 1. The molecule has 0 unspecified atom stereocenters. The van der Waals surface area contributed by atoms with E-state index in [2.05, 4.69) is 9.97 Å². The Morgan fingerprint density at radius 3 is 2.50 bits per heavy atom. The summed E-state index contributed by atoms with van der Waals surface area (Å²) in [6.07, 6.45) is 0. The van der Waals surface area contributed by atoms with Gasteiger partial charge in [0.15, 0.2) is 0 Å². The zero-order valence-electron chi connectivity index (χ0n) is 15.8. The maximum atomic E-state index is 14.4. The molecule has 1 heterocycles. The van der Waals surface area contributed by atoms with Gasteiger partial charge in [-0.25, -0.2) is 9.37 Å². The molecule has 150 valence electrons. The van der Waals surface area contributed by atoms with Crippen LogP contribution >= 0.6 is 11.6 Å². The number of rotatable bonds is 5. The Balaban J connectivity index is 1.72. The summed E-state index contributed by atoms with van der Waals surface area (Å²) in [6.45, 7) is 0.230. The second-order valence-electron chi connectivity index (χ2n) is 6.80. The van der Waals surface area contributed by atoms with Crippen LogP contribution in [0.1, 0.15) is 21.7 Å². The number of carbonyl (C=O) groups is 1. The van der Waals surface area contributed by atoms with Crippen molar-refractivity contribution < 1.29 is 9.18 Å². The normalized spacial score (nSPS) is 10.9. The van der Waals surface area contributed by atoms with E-state index in [9.17, 15) is 14.0 Å². The topological polar surface area (TPSA) is 66.1 Å². The molecule has 7 heteroatoms. The molecule has 1 amide bonds. The third kappa shape index (κ3) is 4.23. The number of fused-ring (bicyclic) bond motifs is 1. The third-order valence-corrected chi connectivity index (χ3v) is 4.90. The zero-order chi connectivity index (χ0) is 21.1. The average Bonchev–Trinajstić information content (AvgIpc) is 2.74. The lowest BCUT2D eigenvalue weighted by Gasteiger charge is -2.23. The largest absolute Gasteiger partial charge is 0.327 e. The fraction of sp³-hybridized carbons (Fsp3) is 0.0870. The van der Waals surface area contributed by atoms with Crippen molar-refractivity contribution in [1.82, 2.24) is 14.9 Å². The molecule has 0 saturated heterocycles. The maximum absolute atomic E-state index is 14.4. The van der Waals surface area contributed by atoms with Crippen LogP contribution in [0.25, 0.3) is 10.9 Å². The molecule has 0 spiro atoms. The quantitative estimate of drug-likeness (QED) is 0.513. The second-order valence-corrected chi connectivity index (χ2v) is 7.24. The van der Waals surface area contributed by atoms with Gasteiger partial charge < -0.3 is 9.88 Å². The highest BCUT2D eigenvalue weighted by molar-refractivity contribution is 6.30. The maximum Gasteiger partial charge on any atom is 0.258 e. The number of nitrogens with one attached hydrogen (secondary N) is 1. The molecule has 1 aromatic heterocycles. The Morgan fingerprint density at radius 1 is 1.00 bits per heavy atom. The van der Waals surface area contributed by atoms with Crippen molar-refractivity contribution in [3.05, 3.63) is 111 Å². The molecule has 0 atom stereocenters. The smallest absolute Gasteiger partial charge is 0.258 e. The summed E-state index contributed by atoms with van der Waals surface area (Å²) in [6, 6.07) is 20.2. The first-order valence-electron chi connectivity index (χ1n) is 9.27. The molecular formula is C23H17ClFN3O2. The highest BCUT2D eigenvalue weighted by atomic mass is 35.5. The molecular weight excluding hydrogens is 405 g/mol. The van der Waals surface area contributed by atoms with E-state index < -0.39 is 11.7 Å². The summed E-state index contributed by atoms with van der Waals surface area (Å²) in [4.78, 5) is 34.2. The highest BCUT2D eigenvalue weighted by Gasteiger charge is 2.21. The average molecular weight is 422 g/mol. The minimum Gasteiger partial charge on any atom is -0.327 e. The van der Waals surface area contributed by atoms with Crippen LogP contribution in [0.3, 0.4) is 0 Å². The summed E-state index contributed by atoms with van der Waals surface area (Å²) < 4.78 is 14.4. The Bertz CT molecular complexity index is 1270. The third-order valence-electron chi connectivity index (χ3n) is 4.67. The van der Waals surface area contributed by atoms with Gasteiger partial charge in [0.2, 0.25) is 0 Å². The number of H-pyrrole nitrogens is 1. The van der Waals surface area contributed by atoms with Gasteiger partial charge in [-0.05, 0) is 35.9 Å². The van der Waals surface area contributed by atoms with Crippen molar-refractivity contribution >= 4 is 28.4 Å². The van der Waals surface area contributed by atoms with Crippen molar-refractivity contribution in [2.24, 2.45) is 0 Å². The molecule has 0 bridgehead atoms. The first kappa shape index (κ1) is 19.8. The molecule has 0 aliphatic carbocycles. The summed E-state index contributed by atoms with van der Waals surface area (Å²) in [5.41, 5.74) is 1.00. The van der Waals surface area contributed by atoms with E-state index in [0.29, 0.717) is 16.7 Å². The van der Waals surface area contributed by atoms with E-state index in [-0.39, 0.29) is 29.2 Å². The lowest BCUT2D eigenvalue weighted by molar-refractivity contribution is 0.0720. The number of amides is 1. The van der Waals surface area contributed by atoms with Gasteiger partial charge in [-0.1, -0.05) is 54.1 Å². The van der Waals surface area contributed by atoms with Gasteiger partial charge in [-0.15, -0.1) is 0 Å². The summed E-state index contributed by atoms with van der Waals surface area (Å²) in [7, 11) is 0. The molecule has 4 rings (SSSR count). The molecule has 0 aliphatic rings. The minimum absolute atomic E-state index is 0.00979. The van der Waals surface area contributed by atoms with Crippen LogP contribution < -0.4 is 5.56 Å². The van der Waals surface area contributed by atoms with Crippen molar-refractivity contribution in [3.63, 3.8) is 0 Å². The van der Waals surface area contributed by atoms with E-state index in [1.165, 1.54) is 17.0 Å². The number of halogens is 2. The number of carbonyl (C=O) groups excluding carboxylic acids is 1. The van der Waals surface area contributed by atoms with Crippen LogP contribution in [0, 0.1) is 5.82 Å². The fourth-order valence-electron chi connectivity index (χ4n) is 3.23. The second kappa shape index (κ2) is 8.47. The van der Waals surface area contributed by atoms with E-state index >= 15 is 0 Å². The number of para-hydroxylation sites is 1. The van der Waals surface area contributed by atoms with Gasteiger partial charge in [-0.3, -0.25) is 9.59 Å². The van der Waals surface area contributed by atoms with Gasteiger partial charge >= 0.3 is 0 Å². The van der Waals surface area contributed by atoms with Crippen molar-refractivity contribution in [1.29, 1.82) is 0 Å². The minimum atomic E-state index is -0.703. The first-order chi connectivity index (χ1) is 14.5. The zero-order valence-corrected chi connectivity index (χ0v) is 16.6. The van der Waals surface area contributed by atoms with Crippen molar-refractivity contribution in [3.8, 4) is 0 Å². The molecule has 3 aromatic carbocycles. The summed E-state index contributed by atoms with van der Waals surface area (Å²) >= 11 is 5.82. The van der Waals surface area contributed by atoms with Crippen LogP contribution in [0.15, 0.2) is 77.6 Å². The Kier molecular flexibility index (Phi) is 5.59. The highest BCUT2D eigenvalue weighted by Crippen LogP contribution is 2.19. The standard InChI is InChI=1S/C23H17ClFN3O2/c24-16-10-11-17(19(25)12-16)23(30)28(13-15-6-2-1-3-7-15)14-21-26-20-9-5-4-8-18(20)22(29)27-21/h1-12H,13-14H2,(H,26,27,29). The lowest BCUT2D eigenvalue weighted by atomic mass is 10.1. The van der Waals surface area contributed by atoms with E-state index in [4.69, 9.17) is 11.6 Å². The molecule has 30 heavy (non-hydrogen) atoms. The monoisotopic (exact) mass is 421 g/mol. The fourth-order valence-corrected chi connectivity index (χ4v) is 3.39. The summed E-state index contributed by atoms with van der Waals surface area (Å²) in [5, 5.41) is 0.671. The van der Waals surface area contributed by atoms with Crippen LogP contribution in [0.4, 0.5) is 4.39 Å². The van der Waals surface area contributed by atoms with E-state index in [1.807, 2.05) is 30.3 Å². The first-order valence-corrected chi connectivity index (χ1v) is 9.65. The van der Waals surface area contributed by atoms with E-state index in [0.717, 1.165) is 11.6 Å². The predicted molar refractivity (Wildman–Crippen MR) is 114 cm³/mol. The van der Waals surface area contributed by atoms with Crippen molar-refractivity contribution in [2.45, 2.75) is 13.1 Å². The number of aromatic amines is 1. The Morgan fingerprint density at radius 2 is 1.73 bits per heavy atom. The molecule has 0 fully saturated rings. The number of aromatic nitrogens is 2. The van der Waals surface area contributed by atoms with Crippen LogP contribution in [-0.2, 0) is 13.1 Å². The van der Waals surface area contributed by atoms with Crippen LogP contribution in [0.2, 0.25) is 5.02 Å². The molecule has 0 saturated carbocycles. The lowest BCUT2D eigenvalue weighted by Crippen LogP contribution is -2.32. The number of nitrogens with zero attached hydrogens (tertiary/aromatic N) is 2.